The zero-order valence-corrected chi connectivity index (χ0v) is 18.5. The Bertz CT molecular complexity index is 409. The van der Waals surface area contributed by atoms with Crippen LogP contribution < -0.4 is 0 Å². The van der Waals surface area contributed by atoms with E-state index in [2.05, 4.69) is 25.7 Å². The van der Waals surface area contributed by atoms with E-state index in [0.717, 1.165) is 50.5 Å². The van der Waals surface area contributed by atoms with Crippen LogP contribution in [0.25, 0.3) is 0 Å². The van der Waals surface area contributed by atoms with Crippen LogP contribution in [0.5, 0.6) is 0 Å². The minimum Gasteiger partial charge on any atom is -0.463 e. The maximum Gasteiger partial charge on any atom is 0.333 e. The second-order valence-electron chi connectivity index (χ2n) is 8.41. The van der Waals surface area contributed by atoms with Crippen LogP contribution in [0.4, 0.5) is 0 Å². The maximum atomic E-state index is 12.1. The van der Waals surface area contributed by atoms with Crippen molar-refractivity contribution in [2.75, 3.05) is 19.8 Å². The summed E-state index contributed by atoms with van der Waals surface area (Å²) in [4.78, 5) is 12.1. The third kappa shape index (κ3) is 11.9. The molecule has 1 fully saturated rings. The molecule has 0 saturated carbocycles. The zero-order valence-electron chi connectivity index (χ0n) is 17.5. The van der Waals surface area contributed by atoms with Crippen LogP contribution in [-0.2, 0) is 19.0 Å². The van der Waals surface area contributed by atoms with Crippen molar-refractivity contribution in [3.8, 4) is 0 Å². The Kier molecular flexibility index (Phi) is 12.1. The summed E-state index contributed by atoms with van der Waals surface area (Å²) in [5.74, 6) is -0.114. The van der Waals surface area contributed by atoms with Crippen molar-refractivity contribution in [2.45, 2.75) is 96.7 Å². The first kappa shape index (κ1) is 23.4. The van der Waals surface area contributed by atoms with Crippen LogP contribution >= 0.6 is 0 Å². The second kappa shape index (κ2) is 13.5. The van der Waals surface area contributed by atoms with Crippen LogP contribution in [-0.4, -0.2) is 40.2 Å². The van der Waals surface area contributed by atoms with Gasteiger partial charge in [0.2, 0.25) is 0 Å². The number of carbonyl (C=O) groups excluding carboxylic acids is 1. The topological polar surface area (TPSA) is 44.8 Å². The molecule has 1 unspecified atom stereocenters. The van der Waals surface area contributed by atoms with E-state index in [1.807, 2.05) is 6.92 Å². The van der Waals surface area contributed by atoms with Crippen LogP contribution in [0.1, 0.15) is 64.7 Å². The highest BCUT2D eigenvalue weighted by molar-refractivity contribution is 6.77. The molecule has 1 rings (SSSR count). The molecule has 0 aromatic rings. The fourth-order valence-electron chi connectivity index (χ4n) is 3.13. The number of esters is 1. The zero-order chi connectivity index (χ0) is 19.3. The van der Waals surface area contributed by atoms with Crippen molar-refractivity contribution in [3.05, 3.63) is 11.6 Å². The average molecular weight is 385 g/mol. The van der Waals surface area contributed by atoms with Gasteiger partial charge in [-0.2, -0.15) is 0 Å². The predicted molar refractivity (Wildman–Crippen MR) is 110 cm³/mol. The fourth-order valence-corrected chi connectivity index (χ4v) is 4.56. The van der Waals surface area contributed by atoms with Crippen molar-refractivity contribution in [1.29, 1.82) is 0 Å². The number of hydrogen-bond donors (Lipinski definition) is 0. The van der Waals surface area contributed by atoms with Crippen molar-refractivity contribution < 1.29 is 19.0 Å². The van der Waals surface area contributed by atoms with Gasteiger partial charge in [0.15, 0.2) is 6.29 Å². The lowest BCUT2D eigenvalue weighted by Crippen LogP contribution is -2.23. The van der Waals surface area contributed by atoms with Gasteiger partial charge in [-0.25, -0.2) is 4.79 Å². The molecule has 0 aliphatic carbocycles. The van der Waals surface area contributed by atoms with E-state index in [1.165, 1.54) is 32.1 Å². The molecular formula is C21H40O4Si. The van der Waals surface area contributed by atoms with E-state index < -0.39 is 8.07 Å². The molecule has 1 aliphatic heterocycles. The highest BCUT2D eigenvalue weighted by atomic mass is 28.3. The molecule has 1 heterocycles. The molecule has 1 saturated heterocycles. The molecule has 4 nitrogen and oxygen atoms in total. The third-order valence-corrected chi connectivity index (χ3v) is 5.88. The minimum absolute atomic E-state index is 0.0431. The second-order valence-corrected chi connectivity index (χ2v) is 13.9. The van der Waals surface area contributed by atoms with E-state index in [-0.39, 0.29) is 12.3 Å². The number of allylic oxidation sites excluding steroid dienone is 1. The molecule has 152 valence electrons. The Morgan fingerprint density at radius 3 is 2.50 bits per heavy atom. The third-order valence-electron chi connectivity index (χ3n) is 4.44. The van der Waals surface area contributed by atoms with Gasteiger partial charge in [-0.1, -0.05) is 45.0 Å². The number of rotatable bonds is 13. The van der Waals surface area contributed by atoms with Gasteiger partial charge in [0.05, 0.1) is 6.61 Å². The monoisotopic (exact) mass is 384 g/mol. The summed E-state index contributed by atoms with van der Waals surface area (Å²) in [6.07, 6.45) is 12.5. The molecule has 0 bridgehead atoms. The van der Waals surface area contributed by atoms with Gasteiger partial charge in [0.25, 0.3) is 0 Å². The normalized spacial score (nSPS) is 18.8. The molecule has 0 amide bonds. The van der Waals surface area contributed by atoms with Gasteiger partial charge in [0, 0.05) is 26.9 Å². The van der Waals surface area contributed by atoms with Crippen LogP contribution in [0.3, 0.4) is 0 Å². The molecule has 0 spiro atoms. The SMILES string of the molecule is CCOC(=O)/C(=C/CCCCCCCOC1CCCCO1)C[Si](C)(C)C. The lowest BCUT2D eigenvalue weighted by atomic mass is 10.1. The summed E-state index contributed by atoms with van der Waals surface area (Å²) in [5.41, 5.74) is 0.895. The minimum atomic E-state index is -1.31. The van der Waals surface area contributed by atoms with Crippen LogP contribution in [0, 0.1) is 0 Å². The quantitative estimate of drug-likeness (QED) is 0.177. The van der Waals surface area contributed by atoms with Crippen LogP contribution in [0.2, 0.25) is 25.7 Å². The number of ether oxygens (including phenoxy) is 3. The van der Waals surface area contributed by atoms with Gasteiger partial charge < -0.3 is 14.2 Å². The summed E-state index contributed by atoms with van der Waals surface area (Å²) >= 11 is 0. The molecule has 0 radical (unpaired) electrons. The fraction of sp³-hybridized carbons (Fsp3) is 0.857. The number of unbranched alkanes of at least 4 members (excludes halogenated alkanes) is 5. The standard InChI is InChI=1S/C21H40O4Si/c1-5-23-21(22)19(18-26(2,3)4)14-10-8-6-7-9-12-16-24-20-15-11-13-17-25-20/h14,20H,5-13,15-18H2,1-4H3/b19-14+. The summed E-state index contributed by atoms with van der Waals surface area (Å²) in [7, 11) is -1.31. The van der Waals surface area contributed by atoms with Gasteiger partial charge in [0.1, 0.15) is 0 Å². The molecule has 1 atom stereocenters. The van der Waals surface area contributed by atoms with E-state index >= 15 is 0 Å². The van der Waals surface area contributed by atoms with Gasteiger partial charge >= 0.3 is 5.97 Å². The Labute approximate surface area is 161 Å². The Balaban J connectivity index is 2.11. The number of hydrogen-bond acceptors (Lipinski definition) is 4. The Morgan fingerprint density at radius 1 is 1.12 bits per heavy atom. The summed E-state index contributed by atoms with van der Waals surface area (Å²) in [5, 5.41) is 0. The smallest absolute Gasteiger partial charge is 0.333 e. The molecule has 26 heavy (non-hydrogen) atoms. The maximum absolute atomic E-state index is 12.1. The predicted octanol–water partition coefficient (Wildman–Crippen LogP) is 5.70. The lowest BCUT2D eigenvalue weighted by molar-refractivity contribution is -0.162. The Hall–Kier alpha value is -0.653. The van der Waals surface area contributed by atoms with E-state index in [9.17, 15) is 4.79 Å². The Morgan fingerprint density at radius 2 is 1.85 bits per heavy atom. The summed E-state index contributed by atoms with van der Waals surface area (Å²) in [6, 6.07) is 0.909. The van der Waals surface area contributed by atoms with Crippen molar-refractivity contribution in [3.63, 3.8) is 0 Å². The first-order valence-electron chi connectivity index (χ1n) is 10.5. The molecule has 0 N–H and O–H groups in total. The molecule has 5 heteroatoms. The molecule has 0 aromatic heterocycles. The van der Waals surface area contributed by atoms with E-state index in [4.69, 9.17) is 14.2 Å². The van der Waals surface area contributed by atoms with E-state index in [1.54, 1.807) is 0 Å². The number of carbonyl (C=O) groups is 1. The highest BCUT2D eigenvalue weighted by Gasteiger charge is 2.20. The summed E-state index contributed by atoms with van der Waals surface area (Å²) < 4.78 is 16.5. The largest absolute Gasteiger partial charge is 0.463 e. The van der Waals surface area contributed by atoms with Gasteiger partial charge in [-0.05, 0) is 51.5 Å². The summed E-state index contributed by atoms with van der Waals surface area (Å²) in [6.45, 7) is 10.9. The first-order valence-corrected chi connectivity index (χ1v) is 14.2. The first-order chi connectivity index (χ1) is 12.4. The molecule has 0 aromatic carbocycles. The average Bonchev–Trinajstić information content (AvgIpc) is 2.59. The lowest BCUT2D eigenvalue weighted by Gasteiger charge is -2.22. The highest BCUT2D eigenvalue weighted by Crippen LogP contribution is 2.19. The van der Waals surface area contributed by atoms with Crippen molar-refractivity contribution >= 4 is 14.0 Å². The molecular weight excluding hydrogens is 344 g/mol. The van der Waals surface area contributed by atoms with Gasteiger partial charge in [-0.3, -0.25) is 0 Å². The van der Waals surface area contributed by atoms with E-state index in [0.29, 0.717) is 6.61 Å². The van der Waals surface area contributed by atoms with Crippen molar-refractivity contribution in [1.82, 2.24) is 0 Å². The van der Waals surface area contributed by atoms with Crippen molar-refractivity contribution in [2.24, 2.45) is 0 Å². The van der Waals surface area contributed by atoms with Gasteiger partial charge in [-0.15, -0.1) is 0 Å². The van der Waals surface area contributed by atoms with Crippen LogP contribution in [0.15, 0.2) is 11.6 Å². The molecule has 1 aliphatic rings.